The summed E-state index contributed by atoms with van der Waals surface area (Å²) in [6, 6.07) is 7.58. The molecule has 2 aliphatic rings. The Morgan fingerprint density at radius 3 is 2.76 bits per heavy atom. The molecule has 2 N–H and O–H groups in total. The van der Waals surface area contributed by atoms with Crippen molar-refractivity contribution in [2.45, 2.75) is 32.4 Å². The summed E-state index contributed by atoms with van der Waals surface area (Å²) in [5.41, 5.74) is 6.06. The molecule has 0 fully saturated rings. The fourth-order valence-corrected chi connectivity index (χ4v) is 5.15. The molecule has 1 aromatic heterocycles. The van der Waals surface area contributed by atoms with Crippen molar-refractivity contribution in [2.75, 3.05) is 12.4 Å². The fourth-order valence-electron chi connectivity index (χ4n) is 4.47. The SMILES string of the molecule is COc1c(O)ccc2c1-c1ccc3c(c1C(c1nccs1)O2)C(C)=CC(C)(C)N3. The lowest BCUT2D eigenvalue weighted by Crippen LogP contribution is -2.32. The number of fused-ring (bicyclic) bond motifs is 5. The van der Waals surface area contributed by atoms with Crippen LogP contribution in [-0.2, 0) is 0 Å². The van der Waals surface area contributed by atoms with Crippen molar-refractivity contribution in [3.8, 4) is 28.4 Å². The van der Waals surface area contributed by atoms with Gasteiger partial charge in [0.15, 0.2) is 17.6 Å². The van der Waals surface area contributed by atoms with E-state index in [-0.39, 0.29) is 17.4 Å². The number of methoxy groups -OCH3 is 1. The van der Waals surface area contributed by atoms with Crippen LogP contribution in [0.2, 0.25) is 0 Å². The second kappa shape index (κ2) is 6.26. The van der Waals surface area contributed by atoms with Gasteiger partial charge >= 0.3 is 0 Å². The average molecular weight is 407 g/mol. The Labute approximate surface area is 173 Å². The van der Waals surface area contributed by atoms with Gasteiger partial charge in [0.2, 0.25) is 0 Å². The van der Waals surface area contributed by atoms with Crippen LogP contribution in [0.3, 0.4) is 0 Å². The van der Waals surface area contributed by atoms with E-state index in [9.17, 15) is 5.11 Å². The fraction of sp³-hybridized carbons (Fsp3) is 0.261. The van der Waals surface area contributed by atoms with Gasteiger partial charge in [-0.25, -0.2) is 4.98 Å². The minimum atomic E-state index is -0.326. The van der Waals surface area contributed by atoms with Gasteiger partial charge in [-0.05, 0) is 50.1 Å². The van der Waals surface area contributed by atoms with Gasteiger partial charge in [0.25, 0.3) is 0 Å². The van der Waals surface area contributed by atoms with E-state index in [2.05, 4.69) is 49.3 Å². The van der Waals surface area contributed by atoms with Gasteiger partial charge in [-0.1, -0.05) is 12.1 Å². The second-order valence-corrected chi connectivity index (χ2v) is 8.91. The lowest BCUT2D eigenvalue weighted by molar-refractivity contribution is 0.240. The third kappa shape index (κ3) is 2.70. The van der Waals surface area contributed by atoms with Crippen LogP contribution >= 0.6 is 11.3 Å². The van der Waals surface area contributed by atoms with Crippen LogP contribution in [-0.4, -0.2) is 22.7 Å². The number of anilines is 1. The molecular weight excluding hydrogens is 384 g/mol. The summed E-state index contributed by atoms with van der Waals surface area (Å²) in [5.74, 6) is 1.20. The number of nitrogens with zero attached hydrogens (tertiary/aromatic N) is 1. The van der Waals surface area contributed by atoms with Gasteiger partial charge in [0.1, 0.15) is 10.8 Å². The van der Waals surface area contributed by atoms with E-state index in [0.717, 1.165) is 32.9 Å². The Balaban J connectivity index is 1.85. The topological polar surface area (TPSA) is 63.6 Å². The molecule has 5 nitrogen and oxygen atoms in total. The molecule has 6 heteroatoms. The average Bonchev–Trinajstić information content (AvgIpc) is 3.20. The molecule has 0 aliphatic carbocycles. The Kier molecular flexibility index (Phi) is 3.90. The maximum Gasteiger partial charge on any atom is 0.176 e. The number of allylic oxidation sites excluding steroid dienone is 1. The first-order valence-corrected chi connectivity index (χ1v) is 10.4. The Hall–Kier alpha value is -2.99. The molecule has 29 heavy (non-hydrogen) atoms. The van der Waals surface area contributed by atoms with Crippen LogP contribution in [0.25, 0.3) is 16.7 Å². The van der Waals surface area contributed by atoms with Gasteiger partial charge in [-0.3, -0.25) is 0 Å². The van der Waals surface area contributed by atoms with Crippen molar-refractivity contribution in [1.29, 1.82) is 0 Å². The number of benzene rings is 2. The molecule has 0 saturated carbocycles. The number of hydrogen-bond acceptors (Lipinski definition) is 6. The molecule has 2 aliphatic heterocycles. The smallest absolute Gasteiger partial charge is 0.176 e. The van der Waals surface area contributed by atoms with Crippen LogP contribution in [0.4, 0.5) is 5.69 Å². The molecule has 3 heterocycles. The Bertz CT molecular complexity index is 1150. The first kappa shape index (κ1) is 18.1. The molecule has 0 radical (unpaired) electrons. The first-order chi connectivity index (χ1) is 13.9. The highest BCUT2D eigenvalue weighted by molar-refractivity contribution is 7.09. The summed E-state index contributed by atoms with van der Waals surface area (Å²) in [5, 5.41) is 16.9. The van der Waals surface area contributed by atoms with Crippen molar-refractivity contribution < 1.29 is 14.6 Å². The quantitative estimate of drug-likeness (QED) is 0.579. The summed E-state index contributed by atoms with van der Waals surface area (Å²) in [7, 11) is 1.57. The van der Waals surface area contributed by atoms with Crippen LogP contribution in [0.1, 0.15) is 43.0 Å². The van der Waals surface area contributed by atoms with Crippen molar-refractivity contribution >= 4 is 22.6 Å². The number of aromatic nitrogens is 1. The molecule has 2 aromatic carbocycles. The van der Waals surface area contributed by atoms with E-state index in [1.807, 2.05) is 5.38 Å². The van der Waals surface area contributed by atoms with Crippen molar-refractivity contribution in [3.05, 3.63) is 58.1 Å². The van der Waals surface area contributed by atoms with Crippen LogP contribution in [0.15, 0.2) is 41.9 Å². The molecule has 148 valence electrons. The molecular formula is C23H22N2O3S. The van der Waals surface area contributed by atoms with E-state index in [1.165, 1.54) is 5.57 Å². The van der Waals surface area contributed by atoms with Gasteiger partial charge in [-0.2, -0.15) is 0 Å². The maximum atomic E-state index is 10.4. The van der Waals surface area contributed by atoms with E-state index in [0.29, 0.717) is 11.5 Å². The van der Waals surface area contributed by atoms with E-state index >= 15 is 0 Å². The zero-order valence-corrected chi connectivity index (χ0v) is 17.6. The predicted octanol–water partition coefficient (Wildman–Crippen LogP) is 5.61. The van der Waals surface area contributed by atoms with E-state index in [4.69, 9.17) is 9.47 Å². The number of ether oxygens (including phenoxy) is 2. The van der Waals surface area contributed by atoms with E-state index in [1.54, 1.807) is 36.8 Å². The number of phenolic OH excluding ortho intramolecular Hbond substituents is 1. The highest BCUT2D eigenvalue weighted by Crippen LogP contribution is 2.55. The monoisotopic (exact) mass is 406 g/mol. The maximum absolute atomic E-state index is 10.4. The number of phenols is 1. The van der Waals surface area contributed by atoms with Crippen LogP contribution in [0, 0.1) is 0 Å². The van der Waals surface area contributed by atoms with Gasteiger partial charge in [0.05, 0.1) is 18.2 Å². The van der Waals surface area contributed by atoms with E-state index < -0.39 is 0 Å². The number of hydrogen-bond donors (Lipinski definition) is 2. The molecule has 0 spiro atoms. The normalized spacial score (nSPS) is 18.5. The van der Waals surface area contributed by atoms with Gasteiger partial charge in [0, 0.05) is 28.4 Å². The van der Waals surface area contributed by atoms with Gasteiger partial charge < -0.3 is 19.9 Å². The molecule has 1 atom stereocenters. The standard InChI is InChI=1S/C23H22N2O3S/c1-12-11-23(2,3)25-14-6-5-13-18-16(8-7-15(26)20(18)27-4)28-21(19(13)17(12)14)22-24-9-10-29-22/h5-11,21,25-26H,1-4H3. The highest BCUT2D eigenvalue weighted by Gasteiger charge is 2.37. The lowest BCUT2D eigenvalue weighted by Gasteiger charge is -2.37. The highest BCUT2D eigenvalue weighted by atomic mass is 32.1. The first-order valence-electron chi connectivity index (χ1n) is 9.51. The predicted molar refractivity (Wildman–Crippen MR) is 116 cm³/mol. The number of thiazole rings is 1. The van der Waals surface area contributed by atoms with Crippen molar-refractivity contribution in [1.82, 2.24) is 4.98 Å². The van der Waals surface area contributed by atoms with Crippen LogP contribution < -0.4 is 14.8 Å². The molecule has 5 rings (SSSR count). The summed E-state index contributed by atoms with van der Waals surface area (Å²) >= 11 is 1.58. The minimum absolute atomic E-state index is 0.0951. The third-order valence-electron chi connectivity index (χ3n) is 5.43. The molecule has 0 saturated heterocycles. The Morgan fingerprint density at radius 2 is 2.03 bits per heavy atom. The molecule has 3 aromatic rings. The molecule has 1 unspecified atom stereocenters. The second-order valence-electron chi connectivity index (χ2n) is 7.98. The summed E-state index contributed by atoms with van der Waals surface area (Å²) < 4.78 is 12.0. The zero-order chi connectivity index (χ0) is 20.3. The minimum Gasteiger partial charge on any atom is -0.504 e. The van der Waals surface area contributed by atoms with Crippen molar-refractivity contribution in [2.24, 2.45) is 0 Å². The summed E-state index contributed by atoms with van der Waals surface area (Å²) in [4.78, 5) is 4.55. The number of rotatable bonds is 2. The zero-order valence-electron chi connectivity index (χ0n) is 16.7. The largest absolute Gasteiger partial charge is 0.504 e. The van der Waals surface area contributed by atoms with Crippen LogP contribution in [0.5, 0.6) is 17.2 Å². The number of aromatic hydroxyl groups is 1. The molecule has 0 bridgehead atoms. The Morgan fingerprint density at radius 1 is 1.21 bits per heavy atom. The number of nitrogens with one attached hydrogen (secondary N) is 1. The van der Waals surface area contributed by atoms with Gasteiger partial charge in [-0.15, -0.1) is 11.3 Å². The summed E-state index contributed by atoms with van der Waals surface area (Å²) in [6.45, 7) is 6.45. The summed E-state index contributed by atoms with van der Waals surface area (Å²) in [6.07, 6.45) is 3.71. The lowest BCUT2D eigenvalue weighted by atomic mass is 9.81. The third-order valence-corrected chi connectivity index (χ3v) is 6.25. The molecule has 0 amide bonds. The van der Waals surface area contributed by atoms with Crippen molar-refractivity contribution in [3.63, 3.8) is 0 Å².